The minimum atomic E-state index is -4.24. The van der Waals surface area contributed by atoms with Gasteiger partial charge < -0.3 is 0 Å². The van der Waals surface area contributed by atoms with E-state index in [2.05, 4.69) is 5.10 Å². The molecule has 5 heteroatoms. The molecule has 14 heavy (non-hydrogen) atoms. The third-order valence-corrected chi connectivity index (χ3v) is 2.16. The van der Waals surface area contributed by atoms with Crippen LogP contribution >= 0.6 is 0 Å². The third-order valence-electron chi connectivity index (χ3n) is 2.16. The molecular formula is C9H13F3N2. The predicted octanol–water partition coefficient (Wildman–Crippen LogP) is 3.13. The summed E-state index contributed by atoms with van der Waals surface area (Å²) in [5, 5.41) is 3.70. The largest absolute Gasteiger partial charge is 0.410 e. The lowest BCUT2D eigenvalue weighted by Crippen LogP contribution is -2.24. The molecular weight excluding hydrogens is 193 g/mol. The topological polar surface area (TPSA) is 17.8 Å². The molecule has 0 radical (unpaired) electrons. The maximum absolute atomic E-state index is 12.3. The lowest BCUT2D eigenvalue weighted by Gasteiger charge is -2.15. The number of halogens is 3. The average Bonchev–Trinajstić information content (AvgIpc) is 2.48. The molecule has 0 saturated carbocycles. The molecule has 1 atom stereocenters. The summed E-state index contributed by atoms with van der Waals surface area (Å²) in [7, 11) is 0. The fraction of sp³-hybridized carbons (Fsp3) is 0.667. The van der Waals surface area contributed by atoms with Gasteiger partial charge in [-0.2, -0.15) is 18.3 Å². The van der Waals surface area contributed by atoms with E-state index in [1.165, 1.54) is 12.4 Å². The number of aromatic nitrogens is 2. The van der Waals surface area contributed by atoms with Gasteiger partial charge in [0.25, 0.3) is 0 Å². The van der Waals surface area contributed by atoms with Gasteiger partial charge in [-0.15, -0.1) is 0 Å². The molecule has 0 bridgehead atoms. The first-order chi connectivity index (χ1) is 6.32. The Morgan fingerprint density at radius 1 is 1.29 bits per heavy atom. The molecule has 0 spiro atoms. The molecule has 2 nitrogen and oxygen atoms in total. The maximum Gasteiger partial charge on any atom is 0.410 e. The van der Waals surface area contributed by atoms with Crippen LogP contribution in [0.5, 0.6) is 0 Å². The molecule has 1 rings (SSSR count). The second-order valence-corrected chi connectivity index (χ2v) is 3.63. The second kappa shape index (κ2) is 3.63. The van der Waals surface area contributed by atoms with E-state index in [-0.39, 0.29) is 5.92 Å². The Morgan fingerprint density at radius 3 is 2.21 bits per heavy atom. The van der Waals surface area contributed by atoms with Gasteiger partial charge in [-0.3, -0.25) is 4.68 Å². The van der Waals surface area contributed by atoms with E-state index in [4.69, 9.17) is 0 Å². The van der Waals surface area contributed by atoms with Crippen molar-refractivity contribution in [1.82, 2.24) is 9.78 Å². The highest BCUT2D eigenvalue weighted by atomic mass is 19.4. The third kappa shape index (κ3) is 2.27. The number of rotatable bonds is 2. The van der Waals surface area contributed by atoms with E-state index in [1.807, 2.05) is 13.8 Å². The van der Waals surface area contributed by atoms with Gasteiger partial charge in [0.05, 0.1) is 6.20 Å². The van der Waals surface area contributed by atoms with Crippen LogP contribution in [0.3, 0.4) is 0 Å². The first-order valence-corrected chi connectivity index (χ1v) is 4.43. The Bertz CT molecular complexity index is 301. The Morgan fingerprint density at radius 2 is 1.86 bits per heavy atom. The molecule has 0 fully saturated rings. The van der Waals surface area contributed by atoms with E-state index >= 15 is 0 Å². The Balaban J connectivity index is 2.87. The lowest BCUT2D eigenvalue weighted by atomic mass is 10.1. The van der Waals surface area contributed by atoms with E-state index in [0.29, 0.717) is 0 Å². The minimum absolute atomic E-state index is 0.198. The zero-order valence-electron chi connectivity index (χ0n) is 8.34. The van der Waals surface area contributed by atoms with Gasteiger partial charge in [-0.1, -0.05) is 13.8 Å². The van der Waals surface area contributed by atoms with Crippen molar-refractivity contribution in [2.75, 3.05) is 0 Å². The van der Waals surface area contributed by atoms with Crippen molar-refractivity contribution >= 4 is 0 Å². The zero-order valence-corrected chi connectivity index (χ0v) is 8.34. The standard InChI is InChI=1S/C9H13F3N2/c1-6(2)8-4-13-14(5-8)7(3)9(10,11)12/h4-7H,1-3H3. The number of hydrogen-bond donors (Lipinski definition) is 0. The molecule has 0 aromatic carbocycles. The Labute approximate surface area is 80.7 Å². The van der Waals surface area contributed by atoms with Crippen molar-refractivity contribution in [2.24, 2.45) is 0 Å². The minimum Gasteiger partial charge on any atom is -0.261 e. The molecule has 0 aliphatic heterocycles. The van der Waals surface area contributed by atoms with E-state index < -0.39 is 12.2 Å². The zero-order chi connectivity index (χ0) is 10.9. The van der Waals surface area contributed by atoms with Gasteiger partial charge in [0.15, 0.2) is 0 Å². The molecule has 0 saturated heterocycles. The van der Waals surface area contributed by atoms with E-state index in [1.54, 1.807) is 0 Å². The van der Waals surface area contributed by atoms with Gasteiger partial charge in [-0.25, -0.2) is 0 Å². The number of hydrogen-bond acceptors (Lipinski definition) is 1. The summed E-state index contributed by atoms with van der Waals surface area (Å²) >= 11 is 0. The van der Waals surface area contributed by atoms with E-state index in [9.17, 15) is 13.2 Å². The summed E-state index contributed by atoms with van der Waals surface area (Å²) < 4.78 is 37.8. The van der Waals surface area contributed by atoms with Crippen LogP contribution in [0.25, 0.3) is 0 Å². The summed E-state index contributed by atoms with van der Waals surface area (Å²) in [5.41, 5.74) is 0.820. The van der Waals surface area contributed by atoms with Crippen molar-refractivity contribution in [2.45, 2.75) is 38.9 Å². The van der Waals surface area contributed by atoms with Crippen molar-refractivity contribution < 1.29 is 13.2 Å². The summed E-state index contributed by atoms with van der Waals surface area (Å²) in [4.78, 5) is 0. The lowest BCUT2D eigenvalue weighted by molar-refractivity contribution is -0.165. The fourth-order valence-electron chi connectivity index (χ4n) is 1.01. The molecule has 1 aromatic rings. The second-order valence-electron chi connectivity index (χ2n) is 3.63. The van der Waals surface area contributed by atoms with Gasteiger partial charge in [0, 0.05) is 6.20 Å². The molecule has 0 aliphatic rings. The van der Waals surface area contributed by atoms with Crippen LogP contribution in [0.2, 0.25) is 0 Å². The van der Waals surface area contributed by atoms with E-state index in [0.717, 1.165) is 17.2 Å². The molecule has 1 aromatic heterocycles. The van der Waals surface area contributed by atoms with Gasteiger partial charge in [-0.05, 0) is 18.4 Å². The monoisotopic (exact) mass is 206 g/mol. The first-order valence-electron chi connectivity index (χ1n) is 4.43. The summed E-state index contributed by atoms with van der Waals surface area (Å²) in [6, 6.07) is -1.56. The van der Waals surface area contributed by atoms with Crippen LogP contribution in [0.4, 0.5) is 13.2 Å². The molecule has 80 valence electrons. The SMILES string of the molecule is CC(C)c1cnn(C(C)C(F)(F)F)c1. The summed E-state index contributed by atoms with van der Waals surface area (Å²) in [6.45, 7) is 4.93. The first kappa shape index (κ1) is 11.1. The molecule has 0 amide bonds. The van der Waals surface area contributed by atoms with Crippen molar-refractivity contribution in [1.29, 1.82) is 0 Å². The molecule has 1 heterocycles. The van der Waals surface area contributed by atoms with Crippen LogP contribution < -0.4 is 0 Å². The summed E-state index contributed by atoms with van der Waals surface area (Å²) in [6.07, 6.45) is -1.31. The van der Waals surface area contributed by atoms with Crippen molar-refractivity contribution in [3.8, 4) is 0 Å². The smallest absolute Gasteiger partial charge is 0.261 e. The van der Waals surface area contributed by atoms with Crippen molar-refractivity contribution in [3.05, 3.63) is 18.0 Å². The van der Waals surface area contributed by atoms with Gasteiger partial charge in [0.1, 0.15) is 6.04 Å². The summed E-state index contributed by atoms with van der Waals surface area (Å²) in [5.74, 6) is 0.198. The molecule has 0 aliphatic carbocycles. The van der Waals surface area contributed by atoms with Crippen LogP contribution in [0.15, 0.2) is 12.4 Å². The highest BCUT2D eigenvalue weighted by molar-refractivity contribution is 5.09. The fourth-order valence-corrected chi connectivity index (χ4v) is 1.01. The molecule has 0 N–H and O–H groups in total. The number of nitrogens with zero attached hydrogens (tertiary/aromatic N) is 2. The van der Waals surface area contributed by atoms with Gasteiger partial charge >= 0.3 is 6.18 Å². The average molecular weight is 206 g/mol. The number of alkyl halides is 3. The predicted molar refractivity (Wildman–Crippen MR) is 47.1 cm³/mol. The van der Waals surface area contributed by atoms with Crippen LogP contribution in [-0.4, -0.2) is 16.0 Å². The van der Waals surface area contributed by atoms with Crippen LogP contribution in [-0.2, 0) is 0 Å². The Kier molecular flexibility index (Phi) is 2.87. The maximum atomic E-state index is 12.3. The highest BCUT2D eigenvalue weighted by Crippen LogP contribution is 2.29. The van der Waals surface area contributed by atoms with Crippen LogP contribution in [0, 0.1) is 0 Å². The normalized spacial score (nSPS) is 14.8. The quantitative estimate of drug-likeness (QED) is 0.726. The molecule has 1 unspecified atom stereocenters. The van der Waals surface area contributed by atoms with Crippen LogP contribution in [0.1, 0.15) is 38.3 Å². The Hall–Kier alpha value is -1.00. The van der Waals surface area contributed by atoms with Gasteiger partial charge in [0.2, 0.25) is 0 Å². The highest BCUT2D eigenvalue weighted by Gasteiger charge is 2.37. The van der Waals surface area contributed by atoms with Crippen molar-refractivity contribution in [3.63, 3.8) is 0 Å².